The van der Waals surface area contributed by atoms with Crippen molar-refractivity contribution in [3.8, 4) is 22.9 Å². The third kappa shape index (κ3) is 6.74. The molecule has 5 rings (SSSR count). The lowest BCUT2D eigenvalue weighted by molar-refractivity contribution is 0.254. The second-order valence-electron chi connectivity index (χ2n) is 9.37. The van der Waals surface area contributed by atoms with Crippen molar-refractivity contribution in [3.63, 3.8) is 0 Å². The fourth-order valence-corrected chi connectivity index (χ4v) is 5.50. The quantitative estimate of drug-likeness (QED) is 0.181. The Morgan fingerprint density at radius 1 is 0.952 bits per heavy atom. The highest BCUT2D eigenvalue weighted by Crippen LogP contribution is 2.36. The monoisotopic (exact) mass is 606 g/mol. The molecule has 2 aromatic heterocycles. The van der Waals surface area contributed by atoms with Gasteiger partial charge in [0.1, 0.15) is 17.7 Å². The maximum Gasteiger partial charge on any atom is 0.237 e. The molecule has 1 fully saturated rings. The summed E-state index contributed by atoms with van der Waals surface area (Å²) < 4.78 is 104. The lowest BCUT2D eigenvalue weighted by Gasteiger charge is -2.26. The van der Waals surface area contributed by atoms with Crippen molar-refractivity contribution in [1.82, 2.24) is 20.3 Å². The first kappa shape index (κ1) is 29.1. The van der Waals surface area contributed by atoms with E-state index in [1.54, 1.807) is 4.72 Å². The average Bonchev–Trinajstić information content (AvgIpc) is 2.95. The van der Waals surface area contributed by atoms with Crippen molar-refractivity contribution in [3.05, 3.63) is 89.8 Å². The Morgan fingerprint density at radius 2 is 1.76 bits per heavy atom. The van der Waals surface area contributed by atoms with Crippen LogP contribution in [-0.4, -0.2) is 48.7 Å². The predicted molar refractivity (Wildman–Crippen MR) is 144 cm³/mol. The van der Waals surface area contributed by atoms with E-state index >= 15 is 4.39 Å². The van der Waals surface area contributed by atoms with E-state index in [1.807, 2.05) is 0 Å². The lowest BCUT2D eigenvalue weighted by atomic mass is 10.1. The molecule has 2 aromatic carbocycles. The maximum absolute atomic E-state index is 15.0. The Bertz CT molecular complexity index is 1710. The van der Waals surface area contributed by atoms with Crippen LogP contribution in [0.15, 0.2) is 60.9 Å². The van der Waals surface area contributed by atoms with Gasteiger partial charge in [-0.1, -0.05) is 18.2 Å². The number of nitrogens with one attached hydrogen (secondary N) is 3. The Morgan fingerprint density at radius 3 is 2.55 bits per heavy atom. The fourth-order valence-electron chi connectivity index (χ4n) is 4.28. The molecule has 3 heterocycles. The lowest BCUT2D eigenvalue weighted by Crippen LogP contribution is -2.44. The van der Waals surface area contributed by atoms with Gasteiger partial charge in [-0.2, -0.15) is 4.39 Å². The van der Waals surface area contributed by atoms with Crippen molar-refractivity contribution in [2.75, 3.05) is 23.1 Å². The van der Waals surface area contributed by atoms with Crippen LogP contribution in [0.2, 0.25) is 0 Å². The van der Waals surface area contributed by atoms with E-state index in [4.69, 9.17) is 4.74 Å². The van der Waals surface area contributed by atoms with Crippen LogP contribution in [0, 0.1) is 23.3 Å². The molecule has 0 spiro atoms. The zero-order chi connectivity index (χ0) is 29.9. The first-order valence-corrected chi connectivity index (χ1v) is 14.2. The predicted octanol–water partition coefficient (Wildman–Crippen LogP) is 4.94. The van der Waals surface area contributed by atoms with Gasteiger partial charge in [0.25, 0.3) is 0 Å². The smallest absolute Gasteiger partial charge is 0.237 e. The van der Waals surface area contributed by atoms with Crippen LogP contribution in [0.3, 0.4) is 0 Å². The second-order valence-corrected chi connectivity index (χ2v) is 11.1. The van der Waals surface area contributed by atoms with Crippen LogP contribution >= 0.6 is 0 Å². The molecule has 1 aliphatic rings. The van der Waals surface area contributed by atoms with Gasteiger partial charge in [0, 0.05) is 49.6 Å². The molecule has 4 aromatic rings. The molecule has 0 saturated carbocycles. The highest BCUT2D eigenvalue weighted by Gasteiger charge is 2.26. The molecular weight excluding hydrogens is 583 g/mol. The SMILES string of the molecule is O=S(=O)(Cc1ccccc1F)Nc1c(F)cc(Oc2ncccc2-c2ccnc(N[C@@H]3CNC[C@@H](F)C3)n2)c(F)c1F. The van der Waals surface area contributed by atoms with Crippen LogP contribution in [0.1, 0.15) is 12.0 Å². The summed E-state index contributed by atoms with van der Waals surface area (Å²) in [5.41, 5.74) is -1.08. The molecule has 0 radical (unpaired) electrons. The number of aromatic nitrogens is 3. The number of benzene rings is 2. The Hall–Kier alpha value is -4.37. The summed E-state index contributed by atoms with van der Waals surface area (Å²) in [6.07, 6.45) is 1.95. The van der Waals surface area contributed by atoms with Gasteiger partial charge in [-0.3, -0.25) is 4.72 Å². The molecule has 0 aliphatic carbocycles. The summed E-state index contributed by atoms with van der Waals surface area (Å²) in [5, 5.41) is 5.99. The number of hydrogen-bond acceptors (Lipinski definition) is 8. The highest BCUT2D eigenvalue weighted by atomic mass is 32.2. The van der Waals surface area contributed by atoms with Crippen LogP contribution in [0.25, 0.3) is 11.3 Å². The largest absolute Gasteiger partial charge is 0.435 e. The summed E-state index contributed by atoms with van der Waals surface area (Å²) in [6.45, 7) is 0.759. The molecule has 0 amide bonds. The summed E-state index contributed by atoms with van der Waals surface area (Å²) in [5.74, 6) is -7.86. The normalized spacial score (nSPS) is 17.1. The molecule has 0 unspecified atom stereocenters. The van der Waals surface area contributed by atoms with E-state index < -0.39 is 56.7 Å². The van der Waals surface area contributed by atoms with E-state index in [2.05, 4.69) is 25.6 Å². The number of pyridine rings is 1. The fraction of sp³-hybridized carbons (Fsp3) is 0.222. The number of halogens is 5. The third-order valence-electron chi connectivity index (χ3n) is 6.23. The summed E-state index contributed by atoms with van der Waals surface area (Å²) in [4.78, 5) is 12.5. The topological polar surface area (TPSA) is 118 Å². The molecule has 1 saturated heterocycles. The van der Waals surface area contributed by atoms with Crippen LogP contribution in [-0.2, 0) is 15.8 Å². The minimum absolute atomic E-state index is 0.179. The number of sulfonamides is 1. The van der Waals surface area contributed by atoms with Crippen molar-refractivity contribution >= 4 is 21.7 Å². The number of piperidine rings is 1. The van der Waals surface area contributed by atoms with Gasteiger partial charge in [0.2, 0.25) is 27.7 Å². The number of alkyl halides is 1. The van der Waals surface area contributed by atoms with E-state index in [-0.39, 0.29) is 47.7 Å². The first-order valence-electron chi connectivity index (χ1n) is 12.6. The summed E-state index contributed by atoms with van der Waals surface area (Å²) >= 11 is 0. The van der Waals surface area contributed by atoms with Gasteiger partial charge in [-0.15, -0.1) is 0 Å². The van der Waals surface area contributed by atoms with Gasteiger partial charge in [0.15, 0.2) is 17.4 Å². The van der Waals surface area contributed by atoms with Crippen LogP contribution < -0.4 is 20.1 Å². The second kappa shape index (κ2) is 12.2. The molecule has 1 aliphatic heterocycles. The minimum atomic E-state index is -4.54. The first-order chi connectivity index (χ1) is 20.1. The number of nitrogens with zero attached hydrogens (tertiary/aromatic N) is 3. The van der Waals surface area contributed by atoms with Gasteiger partial charge in [-0.25, -0.2) is 40.9 Å². The van der Waals surface area contributed by atoms with Gasteiger partial charge in [0.05, 0.1) is 17.0 Å². The molecule has 0 bridgehead atoms. The Balaban J connectivity index is 1.38. The third-order valence-corrected chi connectivity index (χ3v) is 7.43. The molecule has 220 valence electrons. The van der Waals surface area contributed by atoms with E-state index in [9.17, 15) is 26.0 Å². The van der Waals surface area contributed by atoms with E-state index in [1.165, 1.54) is 48.8 Å². The standard InChI is InChI=1S/C27H23F5N6O3S/c28-16-10-17(13-33-12-16)36-27-35-9-7-21(37-27)18-5-3-8-34-26(18)41-22-11-20(30)25(24(32)23(22)31)38-42(39,40)14-15-4-1-2-6-19(15)29/h1-9,11,16-17,33,38H,10,12-14H2,(H,35,36,37)/t16-,17-/m0/s1. The maximum atomic E-state index is 15.0. The number of anilines is 2. The molecule has 2 atom stereocenters. The van der Waals surface area contributed by atoms with Crippen LogP contribution in [0.4, 0.5) is 33.6 Å². The molecular formula is C27H23F5N6O3S. The van der Waals surface area contributed by atoms with Crippen LogP contribution in [0.5, 0.6) is 11.6 Å². The molecule has 15 heteroatoms. The summed E-state index contributed by atoms with van der Waals surface area (Å²) in [7, 11) is -4.54. The molecule has 9 nitrogen and oxygen atoms in total. The van der Waals surface area contributed by atoms with Crippen molar-refractivity contribution in [1.29, 1.82) is 0 Å². The van der Waals surface area contributed by atoms with E-state index in [0.29, 0.717) is 12.6 Å². The number of ether oxygens (including phenoxy) is 1. The zero-order valence-electron chi connectivity index (χ0n) is 21.6. The Kier molecular flexibility index (Phi) is 8.49. The number of hydrogen-bond donors (Lipinski definition) is 3. The minimum Gasteiger partial charge on any atom is -0.435 e. The Labute approximate surface area is 237 Å². The summed E-state index contributed by atoms with van der Waals surface area (Å²) in [6, 6.07) is 9.68. The highest BCUT2D eigenvalue weighted by molar-refractivity contribution is 7.91. The van der Waals surface area contributed by atoms with Crippen molar-refractivity contribution < 1.29 is 35.1 Å². The van der Waals surface area contributed by atoms with Gasteiger partial charge >= 0.3 is 0 Å². The molecule has 3 N–H and O–H groups in total. The molecule has 42 heavy (non-hydrogen) atoms. The van der Waals surface area contributed by atoms with E-state index in [0.717, 1.165) is 6.07 Å². The van der Waals surface area contributed by atoms with Gasteiger partial charge in [-0.05, 0) is 24.3 Å². The zero-order valence-corrected chi connectivity index (χ0v) is 22.4. The van der Waals surface area contributed by atoms with Crippen molar-refractivity contribution in [2.24, 2.45) is 0 Å². The van der Waals surface area contributed by atoms with Gasteiger partial charge < -0.3 is 15.4 Å². The average molecular weight is 607 g/mol. The number of rotatable bonds is 9. The van der Waals surface area contributed by atoms with Crippen molar-refractivity contribution in [2.45, 2.75) is 24.4 Å².